The van der Waals surface area contributed by atoms with Gasteiger partial charge in [-0.05, 0) is 26.8 Å². The number of rotatable bonds is 5. The van der Waals surface area contributed by atoms with E-state index in [1.165, 1.54) is 0 Å². The molecule has 1 heterocycles. The second-order valence-corrected chi connectivity index (χ2v) is 4.85. The van der Waals surface area contributed by atoms with E-state index in [0.29, 0.717) is 5.95 Å². The molecule has 6 nitrogen and oxygen atoms in total. The van der Waals surface area contributed by atoms with Crippen LogP contribution in [0.5, 0.6) is 0 Å². The second-order valence-electron chi connectivity index (χ2n) is 4.85. The van der Waals surface area contributed by atoms with Crippen LogP contribution >= 0.6 is 0 Å². The van der Waals surface area contributed by atoms with Crippen LogP contribution in [-0.2, 0) is 4.79 Å². The van der Waals surface area contributed by atoms with E-state index in [9.17, 15) is 9.90 Å². The maximum atomic E-state index is 11.8. The van der Waals surface area contributed by atoms with Crippen molar-refractivity contribution in [3.8, 4) is 0 Å². The highest BCUT2D eigenvalue weighted by molar-refractivity contribution is 5.81. The van der Waals surface area contributed by atoms with Crippen molar-refractivity contribution in [2.45, 2.75) is 32.4 Å². The summed E-state index contributed by atoms with van der Waals surface area (Å²) in [7, 11) is 1.74. The number of carbonyl (C=O) groups is 1. The molecular formula is C12H20N4O2. The lowest BCUT2D eigenvalue weighted by molar-refractivity contribution is -0.122. The van der Waals surface area contributed by atoms with Gasteiger partial charge in [-0.2, -0.15) is 0 Å². The number of aliphatic hydroxyl groups excluding tert-OH is 1. The highest BCUT2D eigenvalue weighted by Gasteiger charge is 2.26. The van der Waals surface area contributed by atoms with Gasteiger partial charge in [-0.1, -0.05) is 0 Å². The largest absolute Gasteiger partial charge is 0.391 e. The lowest BCUT2D eigenvalue weighted by atomic mass is 9.99. The number of amides is 1. The van der Waals surface area contributed by atoms with Gasteiger partial charge in [0.25, 0.3) is 0 Å². The molecule has 0 radical (unpaired) electrons. The third-order valence-electron chi connectivity index (χ3n) is 2.78. The van der Waals surface area contributed by atoms with E-state index in [2.05, 4.69) is 15.3 Å². The summed E-state index contributed by atoms with van der Waals surface area (Å²) in [5.41, 5.74) is -0.657. The first kappa shape index (κ1) is 14.4. The maximum absolute atomic E-state index is 11.8. The number of likely N-dealkylation sites (N-methyl/N-ethyl adjacent to an activating group) is 1. The van der Waals surface area contributed by atoms with Crippen molar-refractivity contribution in [2.75, 3.05) is 18.5 Å². The van der Waals surface area contributed by atoms with Gasteiger partial charge in [-0.3, -0.25) is 4.79 Å². The Morgan fingerprint density at radius 3 is 2.56 bits per heavy atom. The summed E-state index contributed by atoms with van der Waals surface area (Å²) in [6.45, 7) is 5.33. The van der Waals surface area contributed by atoms with Gasteiger partial charge in [0.05, 0.1) is 18.2 Å². The molecule has 2 N–H and O–H groups in total. The molecule has 18 heavy (non-hydrogen) atoms. The summed E-state index contributed by atoms with van der Waals surface area (Å²) in [6.07, 6.45) is 2.62. The Bertz CT molecular complexity index is 392. The van der Waals surface area contributed by atoms with Crippen molar-refractivity contribution in [3.05, 3.63) is 18.5 Å². The van der Waals surface area contributed by atoms with E-state index in [0.717, 1.165) is 0 Å². The van der Waals surface area contributed by atoms with Gasteiger partial charge in [-0.15, -0.1) is 0 Å². The first-order valence-corrected chi connectivity index (χ1v) is 5.80. The summed E-state index contributed by atoms with van der Waals surface area (Å²) < 4.78 is 0. The van der Waals surface area contributed by atoms with Gasteiger partial charge in [0.1, 0.15) is 0 Å². The lowest BCUT2D eigenvalue weighted by Crippen LogP contribution is -2.53. The molecule has 0 aliphatic heterocycles. The Labute approximate surface area is 107 Å². The second kappa shape index (κ2) is 5.77. The minimum atomic E-state index is -0.657. The Kier molecular flexibility index (Phi) is 4.61. The zero-order chi connectivity index (χ0) is 13.8. The average Bonchev–Trinajstić information content (AvgIpc) is 2.29. The number of aliphatic hydroxyl groups is 1. The van der Waals surface area contributed by atoms with Crippen molar-refractivity contribution in [1.29, 1.82) is 0 Å². The zero-order valence-electron chi connectivity index (χ0n) is 11.2. The number of hydrogen-bond donors (Lipinski definition) is 2. The molecule has 1 amide bonds. The molecule has 0 saturated heterocycles. The molecular weight excluding hydrogens is 232 g/mol. The van der Waals surface area contributed by atoms with Crippen molar-refractivity contribution >= 4 is 11.9 Å². The smallest absolute Gasteiger partial charge is 0.240 e. The predicted octanol–water partition coefficient (Wildman–Crippen LogP) is 0.188. The molecule has 0 fully saturated rings. The summed E-state index contributed by atoms with van der Waals surface area (Å²) in [4.78, 5) is 21.6. The molecule has 1 aromatic rings. The van der Waals surface area contributed by atoms with Gasteiger partial charge in [-0.25, -0.2) is 9.97 Å². The minimum absolute atomic E-state index is 0.139. The molecule has 1 unspecified atom stereocenters. The lowest BCUT2D eigenvalue weighted by Gasteiger charge is -2.30. The molecule has 1 aromatic heterocycles. The van der Waals surface area contributed by atoms with Gasteiger partial charge in [0, 0.05) is 19.4 Å². The van der Waals surface area contributed by atoms with E-state index in [-0.39, 0.29) is 12.5 Å². The zero-order valence-corrected chi connectivity index (χ0v) is 11.2. The quantitative estimate of drug-likeness (QED) is 0.782. The highest BCUT2D eigenvalue weighted by atomic mass is 16.3. The standard InChI is InChI=1S/C12H20N4O2/c1-9(17)12(2,3)15-10(18)8-16(4)11-13-6-5-7-14-11/h5-7,9,17H,8H2,1-4H3,(H,15,18). The molecule has 100 valence electrons. The summed E-state index contributed by atoms with van der Waals surface area (Å²) >= 11 is 0. The molecule has 0 spiro atoms. The number of hydrogen-bond acceptors (Lipinski definition) is 5. The normalized spacial score (nSPS) is 12.9. The van der Waals surface area contributed by atoms with Crippen LogP contribution in [-0.4, -0.2) is 46.2 Å². The summed E-state index contributed by atoms with van der Waals surface area (Å²) in [5.74, 6) is 0.304. The fourth-order valence-corrected chi connectivity index (χ4v) is 1.28. The van der Waals surface area contributed by atoms with Crippen molar-refractivity contribution in [3.63, 3.8) is 0 Å². The molecule has 0 aliphatic rings. The van der Waals surface area contributed by atoms with Crippen LogP contribution in [0.1, 0.15) is 20.8 Å². The summed E-state index contributed by atoms with van der Waals surface area (Å²) in [6, 6.07) is 1.72. The van der Waals surface area contributed by atoms with E-state index >= 15 is 0 Å². The van der Waals surface area contributed by atoms with Crippen molar-refractivity contribution in [2.24, 2.45) is 0 Å². The van der Waals surface area contributed by atoms with Crippen LogP contribution in [0.3, 0.4) is 0 Å². The molecule has 0 saturated carbocycles. The predicted molar refractivity (Wildman–Crippen MR) is 69.2 cm³/mol. The SMILES string of the molecule is CC(O)C(C)(C)NC(=O)CN(C)c1ncccn1. The van der Waals surface area contributed by atoms with Gasteiger partial charge in [0.2, 0.25) is 11.9 Å². The minimum Gasteiger partial charge on any atom is -0.391 e. The Morgan fingerprint density at radius 1 is 1.50 bits per heavy atom. The van der Waals surface area contributed by atoms with Crippen LogP contribution in [0.2, 0.25) is 0 Å². The number of nitrogens with zero attached hydrogens (tertiary/aromatic N) is 3. The van der Waals surface area contributed by atoms with E-state index in [1.807, 2.05) is 0 Å². The highest BCUT2D eigenvalue weighted by Crippen LogP contribution is 2.08. The molecule has 6 heteroatoms. The van der Waals surface area contributed by atoms with Crippen LogP contribution in [0.15, 0.2) is 18.5 Å². The van der Waals surface area contributed by atoms with Crippen LogP contribution in [0, 0.1) is 0 Å². The van der Waals surface area contributed by atoms with Crippen LogP contribution in [0.4, 0.5) is 5.95 Å². The number of anilines is 1. The van der Waals surface area contributed by atoms with Gasteiger partial charge < -0.3 is 15.3 Å². The number of aromatic nitrogens is 2. The van der Waals surface area contributed by atoms with Gasteiger partial charge in [0.15, 0.2) is 0 Å². The fraction of sp³-hybridized carbons (Fsp3) is 0.583. The third kappa shape index (κ3) is 3.96. The first-order valence-electron chi connectivity index (χ1n) is 5.80. The molecule has 0 aromatic carbocycles. The van der Waals surface area contributed by atoms with Gasteiger partial charge >= 0.3 is 0 Å². The van der Waals surface area contributed by atoms with E-state index < -0.39 is 11.6 Å². The maximum Gasteiger partial charge on any atom is 0.240 e. The molecule has 1 rings (SSSR count). The monoisotopic (exact) mass is 252 g/mol. The van der Waals surface area contributed by atoms with E-state index in [4.69, 9.17) is 0 Å². The summed E-state index contributed by atoms with van der Waals surface area (Å²) in [5, 5.41) is 12.3. The molecule has 0 bridgehead atoms. The Hall–Kier alpha value is -1.69. The Balaban J connectivity index is 2.56. The average molecular weight is 252 g/mol. The number of nitrogens with one attached hydrogen (secondary N) is 1. The molecule has 0 aliphatic carbocycles. The topological polar surface area (TPSA) is 78.4 Å². The molecule has 1 atom stereocenters. The van der Waals surface area contributed by atoms with E-state index in [1.54, 1.807) is 51.2 Å². The van der Waals surface area contributed by atoms with Crippen LogP contribution < -0.4 is 10.2 Å². The Morgan fingerprint density at radius 2 is 2.06 bits per heavy atom. The van der Waals surface area contributed by atoms with Crippen LogP contribution in [0.25, 0.3) is 0 Å². The first-order chi connectivity index (χ1) is 8.33. The van der Waals surface area contributed by atoms with Crippen molar-refractivity contribution < 1.29 is 9.90 Å². The number of carbonyl (C=O) groups excluding carboxylic acids is 1. The fourth-order valence-electron chi connectivity index (χ4n) is 1.28. The third-order valence-corrected chi connectivity index (χ3v) is 2.78. The van der Waals surface area contributed by atoms with Crippen molar-refractivity contribution in [1.82, 2.24) is 15.3 Å².